The van der Waals surface area contributed by atoms with Crippen LogP contribution in [0.2, 0.25) is 0 Å². The van der Waals surface area contributed by atoms with Crippen LogP contribution >= 0.6 is 0 Å². The summed E-state index contributed by atoms with van der Waals surface area (Å²) < 4.78 is 65.0. The van der Waals surface area contributed by atoms with Crippen LogP contribution in [0.25, 0.3) is 0 Å². The quantitative estimate of drug-likeness (QED) is 0.646. The molecule has 2 N–H and O–H groups in total. The number of aromatic nitrogens is 2. The van der Waals surface area contributed by atoms with E-state index >= 15 is 0 Å². The lowest BCUT2D eigenvalue weighted by molar-refractivity contribution is -0.145. The van der Waals surface area contributed by atoms with Gasteiger partial charge in [0.05, 0.1) is 32.0 Å². The third kappa shape index (κ3) is 4.76. The fraction of sp³-hybridized carbons (Fsp3) is 0.524. The molecule has 0 bridgehead atoms. The van der Waals surface area contributed by atoms with Crippen molar-refractivity contribution < 1.29 is 32.1 Å². The van der Waals surface area contributed by atoms with Gasteiger partial charge in [-0.2, -0.15) is 18.2 Å². The highest BCUT2D eigenvalue weighted by atomic mass is 19.4. The van der Waals surface area contributed by atoms with Crippen molar-refractivity contribution >= 4 is 11.8 Å². The summed E-state index contributed by atoms with van der Waals surface area (Å²) in [5.41, 5.74) is -0.0919. The predicted molar refractivity (Wildman–Crippen MR) is 111 cm³/mol. The number of nitrogens with one attached hydrogen (secondary N) is 1. The van der Waals surface area contributed by atoms with E-state index in [0.717, 1.165) is 10.6 Å². The Bertz CT molecular complexity index is 1070. The predicted octanol–water partition coefficient (Wildman–Crippen LogP) is 2.25. The van der Waals surface area contributed by atoms with E-state index in [1.165, 1.54) is 19.2 Å². The van der Waals surface area contributed by atoms with Crippen molar-refractivity contribution in [1.82, 2.24) is 9.55 Å². The maximum absolute atomic E-state index is 13.6. The molecule has 0 unspecified atom stereocenters. The van der Waals surface area contributed by atoms with Gasteiger partial charge in [-0.3, -0.25) is 9.36 Å². The highest BCUT2D eigenvalue weighted by molar-refractivity contribution is 5.52. The minimum atomic E-state index is -4.48. The maximum Gasteiger partial charge on any atom is 0.408 e. The zero-order valence-electron chi connectivity index (χ0n) is 17.9. The Kier molecular flexibility index (Phi) is 6.48. The largest absolute Gasteiger partial charge is 0.496 e. The normalized spacial score (nSPS) is 19.6. The van der Waals surface area contributed by atoms with E-state index in [1.807, 2.05) is 0 Å². The van der Waals surface area contributed by atoms with Crippen LogP contribution in [0.5, 0.6) is 5.75 Å². The fourth-order valence-corrected chi connectivity index (χ4v) is 4.11. The standard InChI is InChI=1S/C21H24F4N4O4/c1-32-16-10-12(22)2-3-13(16)15(30)11-14-18(28-6-8-33-9-7-28)27-20-26-17(21(23,24)25)4-5-29(20)19(14)31/h2-3,10,15,17,30H,4-9,11H2,1H3,(H,26,27)/t15-,17-/m0/s1. The van der Waals surface area contributed by atoms with E-state index in [0.29, 0.717) is 26.3 Å². The van der Waals surface area contributed by atoms with E-state index in [1.54, 1.807) is 4.90 Å². The molecule has 0 amide bonds. The van der Waals surface area contributed by atoms with Gasteiger partial charge in [0.25, 0.3) is 5.56 Å². The number of benzene rings is 1. The van der Waals surface area contributed by atoms with Crippen molar-refractivity contribution in [2.45, 2.75) is 37.7 Å². The molecule has 8 nitrogen and oxygen atoms in total. The van der Waals surface area contributed by atoms with Gasteiger partial charge in [0, 0.05) is 37.7 Å². The number of morpholine rings is 1. The highest BCUT2D eigenvalue weighted by Crippen LogP contribution is 2.33. The lowest BCUT2D eigenvalue weighted by atomic mass is 10.0. The molecule has 33 heavy (non-hydrogen) atoms. The monoisotopic (exact) mass is 472 g/mol. The molecule has 2 aliphatic rings. The number of nitrogens with zero attached hydrogens (tertiary/aromatic N) is 3. The first-order valence-electron chi connectivity index (χ1n) is 10.5. The van der Waals surface area contributed by atoms with Crippen LogP contribution in [-0.4, -0.2) is 60.3 Å². The van der Waals surface area contributed by atoms with Crippen molar-refractivity contribution in [3.05, 3.63) is 45.5 Å². The number of anilines is 2. The molecule has 12 heteroatoms. The van der Waals surface area contributed by atoms with Gasteiger partial charge in [-0.05, 0) is 18.6 Å². The van der Waals surface area contributed by atoms with Crippen molar-refractivity contribution in [2.24, 2.45) is 0 Å². The molecule has 1 fully saturated rings. The zero-order chi connectivity index (χ0) is 23.8. The van der Waals surface area contributed by atoms with Gasteiger partial charge in [0.1, 0.15) is 23.4 Å². The van der Waals surface area contributed by atoms with Crippen LogP contribution < -0.4 is 20.5 Å². The second-order valence-electron chi connectivity index (χ2n) is 7.93. The minimum Gasteiger partial charge on any atom is -0.496 e. The number of alkyl halides is 3. The summed E-state index contributed by atoms with van der Waals surface area (Å²) >= 11 is 0. The Labute approximate surface area is 186 Å². The van der Waals surface area contributed by atoms with Gasteiger partial charge >= 0.3 is 6.18 Å². The third-order valence-electron chi connectivity index (χ3n) is 5.84. The first kappa shape index (κ1) is 23.3. The summed E-state index contributed by atoms with van der Waals surface area (Å²) in [4.78, 5) is 19.5. The molecule has 1 saturated heterocycles. The molecule has 180 valence electrons. The Hall–Kier alpha value is -2.86. The van der Waals surface area contributed by atoms with Gasteiger partial charge in [0.2, 0.25) is 5.95 Å². The number of methoxy groups -OCH3 is 1. The number of halogens is 4. The van der Waals surface area contributed by atoms with Gasteiger partial charge in [-0.15, -0.1) is 0 Å². The number of hydrogen-bond acceptors (Lipinski definition) is 7. The number of hydrogen-bond donors (Lipinski definition) is 2. The summed E-state index contributed by atoms with van der Waals surface area (Å²) in [6.07, 6.45) is -6.20. The molecule has 1 aromatic carbocycles. The first-order chi connectivity index (χ1) is 15.7. The van der Waals surface area contributed by atoms with Crippen LogP contribution in [0.3, 0.4) is 0 Å². The average molecular weight is 472 g/mol. The van der Waals surface area contributed by atoms with E-state index < -0.39 is 29.7 Å². The molecule has 2 aromatic rings. The average Bonchev–Trinajstić information content (AvgIpc) is 2.80. The number of aliphatic hydroxyl groups excluding tert-OH is 1. The Balaban J connectivity index is 1.75. The molecule has 0 radical (unpaired) electrons. The van der Waals surface area contributed by atoms with Crippen LogP contribution in [0.15, 0.2) is 23.0 Å². The van der Waals surface area contributed by atoms with Crippen molar-refractivity contribution in [1.29, 1.82) is 0 Å². The van der Waals surface area contributed by atoms with Crippen molar-refractivity contribution in [3.63, 3.8) is 0 Å². The third-order valence-corrected chi connectivity index (χ3v) is 5.84. The smallest absolute Gasteiger partial charge is 0.408 e. The topological polar surface area (TPSA) is 88.9 Å². The van der Waals surface area contributed by atoms with Gasteiger partial charge in [-0.1, -0.05) is 0 Å². The van der Waals surface area contributed by atoms with E-state index in [2.05, 4.69) is 10.3 Å². The maximum atomic E-state index is 13.6. The summed E-state index contributed by atoms with van der Waals surface area (Å²) in [6, 6.07) is 1.86. The second-order valence-corrected chi connectivity index (χ2v) is 7.93. The molecular formula is C21H24F4N4O4. The SMILES string of the molecule is COc1cc(F)ccc1[C@@H](O)Cc1c(N2CCOCC2)nc2n(c1=O)CC[C@@H](C(F)(F)F)N2. The summed E-state index contributed by atoms with van der Waals surface area (Å²) in [5, 5.41) is 13.2. The number of fused-ring (bicyclic) bond motifs is 1. The van der Waals surface area contributed by atoms with E-state index in [4.69, 9.17) is 9.47 Å². The number of rotatable bonds is 5. The van der Waals surface area contributed by atoms with Crippen LogP contribution in [-0.2, 0) is 17.7 Å². The number of ether oxygens (including phenoxy) is 2. The molecule has 2 atom stereocenters. The van der Waals surface area contributed by atoms with E-state index in [9.17, 15) is 27.5 Å². The molecule has 0 spiro atoms. The summed E-state index contributed by atoms with van der Waals surface area (Å²) in [6.45, 7) is 1.35. The number of aliphatic hydroxyl groups is 1. The van der Waals surface area contributed by atoms with Gasteiger partial charge in [-0.25, -0.2) is 4.39 Å². The molecule has 0 saturated carbocycles. The molecule has 0 aliphatic carbocycles. The second kappa shape index (κ2) is 9.18. The van der Waals surface area contributed by atoms with Gasteiger partial charge in [0.15, 0.2) is 0 Å². The Morgan fingerprint density at radius 2 is 2.03 bits per heavy atom. The van der Waals surface area contributed by atoms with Crippen LogP contribution in [0.1, 0.15) is 23.7 Å². The fourth-order valence-electron chi connectivity index (χ4n) is 4.11. The van der Waals surface area contributed by atoms with E-state index in [-0.39, 0.29) is 48.0 Å². The zero-order valence-corrected chi connectivity index (χ0v) is 17.9. The lowest BCUT2D eigenvalue weighted by Crippen LogP contribution is -2.46. The highest BCUT2D eigenvalue weighted by Gasteiger charge is 2.42. The summed E-state index contributed by atoms with van der Waals surface area (Å²) in [7, 11) is 1.34. The Morgan fingerprint density at radius 3 is 2.70 bits per heavy atom. The van der Waals surface area contributed by atoms with Crippen LogP contribution in [0, 0.1) is 5.82 Å². The molecule has 4 rings (SSSR count). The van der Waals surface area contributed by atoms with Crippen molar-refractivity contribution in [2.75, 3.05) is 43.6 Å². The first-order valence-corrected chi connectivity index (χ1v) is 10.5. The molecular weight excluding hydrogens is 448 g/mol. The Morgan fingerprint density at radius 1 is 1.30 bits per heavy atom. The minimum absolute atomic E-state index is 0.121. The van der Waals surface area contributed by atoms with Crippen molar-refractivity contribution in [3.8, 4) is 5.75 Å². The lowest BCUT2D eigenvalue weighted by Gasteiger charge is -2.33. The molecule has 3 heterocycles. The summed E-state index contributed by atoms with van der Waals surface area (Å²) in [5.74, 6) is -0.383. The molecule has 1 aromatic heterocycles. The molecule has 2 aliphatic heterocycles. The van der Waals surface area contributed by atoms with Gasteiger partial charge < -0.3 is 24.8 Å². The van der Waals surface area contributed by atoms with Crippen LogP contribution in [0.4, 0.5) is 29.3 Å².